The molecule has 6 heteroatoms. The van der Waals surface area contributed by atoms with Crippen molar-refractivity contribution in [3.8, 4) is 22.5 Å². The van der Waals surface area contributed by atoms with Crippen LogP contribution in [0.4, 0.5) is 0 Å². The van der Waals surface area contributed by atoms with Crippen LogP contribution in [0.15, 0.2) is 78.8 Å². The molecule has 3 aromatic heterocycles. The van der Waals surface area contributed by atoms with Crippen molar-refractivity contribution in [3.05, 3.63) is 95.3 Å². The van der Waals surface area contributed by atoms with Gasteiger partial charge in [0.1, 0.15) is 5.76 Å². The molecular formula is C45H57IrN2O2S-. The molecule has 1 N–H and O–H groups in total. The maximum Gasteiger partial charge on any atom is 0.164 e. The van der Waals surface area contributed by atoms with Crippen molar-refractivity contribution < 1.29 is 30.0 Å². The zero-order valence-corrected chi connectivity index (χ0v) is 35.7. The number of benzene rings is 2. The third kappa shape index (κ3) is 9.83. The minimum absolute atomic E-state index is 0. The number of thiophene rings is 1. The Hall–Kier alpha value is -3.18. The molecule has 0 bridgehead atoms. The summed E-state index contributed by atoms with van der Waals surface area (Å²) in [6.07, 6.45) is 9.67. The summed E-state index contributed by atoms with van der Waals surface area (Å²) in [4.78, 5) is 23.1. The molecule has 5 rings (SSSR count). The standard InChI is InChI=1S/C30H29N2S.C15H28O2.Ir/c1-19(2)14-23-18-25-28(33-23)11-13-32-29(25)21-10-12-31-27(17-21)22-15-20-8-6-7-9-24(20)26(16-22)30(3,4)5;1-7-14(5,8-2)12(16)11-13(17)15(6,9-3)10-4;/h6-13,16-19H,14H2,1-5H3;11,16H,7-10H2,1-6H3;/q-1;;/b;12-11-;. The smallest absolute Gasteiger partial charge is 0.164 e. The van der Waals surface area contributed by atoms with Crippen molar-refractivity contribution in [1.82, 2.24) is 9.97 Å². The van der Waals surface area contributed by atoms with Crippen molar-refractivity contribution in [2.45, 2.75) is 114 Å². The van der Waals surface area contributed by atoms with Crippen molar-refractivity contribution in [1.29, 1.82) is 0 Å². The monoisotopic (exact) mass is 882 g/mol. The maximum absolute atomic E-state index is 12.2. The number of aromatic nitrogens is 2. The van der Waals surface area contributed by atoms with Gasteiger partial charge in [-0.25, -0.2) is 0 Å². The number of rotatable bonds is 11. The largest absolute Gasteiger partial charge is 0.512 e. The summed E-state index contributed by atoms with van der Waals surface area (Å²) in [6.45, 7) is 23.4. The average Bonchev–Trinajstić information content (AvgIpc) is 3.52. The van der Waals surface area contributed by atoms with Gasteiger partial charge in [0.25, 0.3) is 0 Å². The van der Waals surface area contributed by atoms with E-state index in [4.69, 9.17) is 9.97 Å². The van der Waals surface area contributed by atoms with Crippen LogP contribution in [-0.2, 0) is 36.7 Å². The van der Waals surface area contributed by atoms with Crippen molar-refractivity contribution >= 4 is 38.0 Å². The van der Waals surface area contributed by atoms with Gasteiger partial charge < -0.3 is 5.11 Å². The Bertz CT molecular complexity index is 1960. The molecule has 0 aliphatic heterocycles. The molecule has 4 nitrogen and oxygen atoms in total. The first kappa shape index (κ1) is 42.2. The van der Waals surface area contributed by atoms with E-state index in [1.54, 1.807) is 0 Å². The van der Waals surface area contributed by atoms with E-state index < -0.39 is 0 Å². The summed E-state index contributed by atoms with van der Waals surface area (Å²) in [5, 5.41) is 13.7. The third-order valence-electron chi connectivity index (χ3n) is 10.6. The molecule has 0 fully saturated rings. The number of allylic oxidation sites excluding steroid dienone is 2. The number of ketones is 1. The molecule has 0 unspecified atom stereocenters. The molecule has 1 radical (unpaired) electrons. The molecular weight excluding hydrogens is 825 g/mol. The topological polar surface area (TPSA) is 63.1 Å². The van der Waals surface area contributed by atoms with Gasteiger partial charge in [-0.3, -0.25) is 14.8 Å². The number of aliphatic hydroxyl groups is 1. The van der Waals surface area contributed by atoms with Crippen LogP contribution >= 0.6 is 11.3 Å². The number of pyridine rings is 2. The predicted molar refractivity (Wildman–Crippen MR) is 215 cm³/mol. The minimum Gasteiger partial charge on any atom is -0.512 e. The Morgan fingerprint density at radius 1 is 0.843 bits per heavy atom. The van der Waals surface area contributed by atoms with Gasteiger partial charge in [0, 0.05) is 70.1 Å². The number of hydrogen-bond donors (Lipinski definition) is 1. The van der Waals surface area contributed by atoms with Gasteiger partial charge in [-0.2, -0.15) is 0 Å². The fourth-order valence-corrected chi connectivity index (χ4v) is 7.42. The fraction of sp³-hybridized carbons (Fsp3) is 0.444. The minimum atomic E-state index is -0.337. The van der Waals surface area contributed by atoms with Crippen LogP contribution in [0.1, 0.15) is 112 Å². The molecule has 0 spiro atoms. The van der Waals surface area contributed by atoms with Gasteiger partial charge in [-0.05, 0) is 67.2 Å². The molecule has 0 saturated carbocycles. The molecule has 275 valence electrons. The normalized spacial score (nSPS) is 12.5. The Balaban J connectivity index is 0.000000335. The summed E-state index contributed by atoms with van der Waals surface area (Å²) >= 11 is 1.88. The summed E-state index contributed by atoms with van der Waals surface area (Å²) in [5.41, 5.74) is 4.82. The second-order valence-corrected chi connectivity index (χ2v) is 16.8. The van der Waals surface area contributed by atoms with E-state index in [1.807, 2.05) is 65.3 Å². The molecule has 5 aromatic rings. The second kappa shape index (κ2) is 17.6. The molecule has 0 aliphatic carbocycles. The molecule has 51 heavy (non-hydrogen) atoms. The Morgan fingerprint density at radius 3 is 2.08 bits per heavy atom. The van der Waals surface area contributed by atoms with Gasteiger partial charge in [0.2, 0.25) is 0 Å². The number of carbonyl (C=O) groups is 1. The van der Waals surface area contributed by atoms with E-state index in [0.717, 1.165) is 60.0 Å². The summed E-state index contributed by atoms with van der Waals surface area (Å²) < 4.78 is 1.29. The maximum atomic E-state index is 12.2. The third-order valence-corrected chi connectivity index (χ3v) is 11.7. The van der Waals surface area contributed by atoms with E-state index in [-0.39, 0.29) is 47.9 Å². The van der Waals surface area contributed by atoms with Gasteiger partial charge in [0.15, 0.2) is 5.78 Å². The summed E-state index contributed by atoms with van der Waals surface area (Å²) in [7, 11) is 0. The summed E-state index contributed by atoms with van der Waals surface area (Å²) in [5.74, 6) is 0.927. The first-order valence-electron chi connectivity index (χ1n) is 18.3. The summed E-state index contributed by atoms with van der Waals surface area (Å²) in [6, 6.07) is 23.1. The van der Waals surface area contributed by atoms with Crippen LogP contribution in [0.25, 0.3) is 43.4 Å². The zero-order valence-electron chi connectivity index (χ0n) is 32.5. The first-order valence-corrected chi connectivity index (χ1v) is 19.2. The SMILES string of the molecule is CC(C)Cc1cc2c(-c3ccnc(-c4[c-]c5ccccc5c(C(C)(C)C)c4)c3)nccc2s1.CCC(C)(CC)C(=O)/C=C(\O)C(C)(CC)CC.[Ir]. The van der Waals surface area contributed by atoms with Crippen LogP contribution in [0.5, 0.6) is 0 Å². The van der Waals surface area contributed by atoms with Gasteiger partial charge in [-0.15, -0.1) is 40.5 Å². The zero-order chi connectivity index (χ0) is 36.9. The number of hydrogen-bond acceptors (Lipinski definition) is 5. The number of nitrogens with zero attached hydrogens (tertiary/aromatic N) is 2. The average molecular weight is 882 g/mol. The molecule has 0 atom stereocenters. The van der Waals surface area contributed by atoms with Gasteiger partial charge in [-0.1, -0.05) is 111 Å². The number of aliphatic hydroxyl groups excluding tert-OH is 1. The van der Waals surface area contributed by atoms with E-state index in [9.17, 15) is 9.90 Å². The van der Waals surface area contributed by atoms with Crippen LogP contribution in [-0.4, -0.2) is 20.9 Å². The van der Waals surface area contributed by atoms with Crippen LogP contribution in [0.2, 0.25) is 0 Å². The molecule has 0 saturated heterocycles. The molecule has 0 aliphatic rings. The predicted octanol–water partition coefficient (Wildman–Crippen LogP) is 13.1. The quantitative estimate of drug-likeness (QED) is 0.0815. The van der Waals surface area contributed by atoms with E-state index in [0.29, 0.717) is 5.92 Å². The Kier molecular flexibility index (Phi) is 14.5. The Morgan fingerprint density at radius 2 is 1.47 bits per heavy atom. The molecule has 0 amide bonds. The van der Waals surface area contributed by atoms with Crippen LogP contribution in [0.3, 0.4) is 0 Å². The molecule has 2 aromatic carbocycles. The second-order valence-electron chi connectivity index (χ2n) is 15.6. The van der Waals surface area contributed by atoms with Crippen molar-refractivity contribution in [2.75, 3.05) is 0 Å². The molecule has 3 heterocycles. The Labute approximate surface area is 324 Å². The van der Waals surface area contributed by atoms with Gasteiger partial charge in [0.05, 0.1) is 5.69 Å². The number of carbonyl (C=O) groups excluding carboxylic acids is 1. The van der Waals surface area contributed by atoms with Crippen LogP contribution in [0, 0.1) is 22.8 Å². The van der Waals surface area contributed by atoms with Gasteiger partial charge >= 0.3 is 0 Å². The van der Waals surface area contributed by atoms with E-state index >= 15 is 0 Å². The van der Waals surface area contributed by atoms with Crippen molar-refractivity contribution in [2.24, 2.45) is 16.7 Å². The fourth-order valence-electron chi connectivity index (χ4n) is 6.15. The van der Waals surface area contributed by atoms with Crippen molar-refractivity contribution in [3.63, 3.8) is 0 Å². The number of fused-ring (bicyclic) bond motifs is 2. The first-order chi connectivity index (χ1) is 23.6. The van der Waals surface area contributed by atoms with Crippen LogP contribution < -0.4 is 0 Å². The van der Waals surface area contributed by atoms with E-state index in [1.165, 1.54) is 32.0 Å². The van der Waals surface area contributed by atoms with E-state index in [2.05, 4.69) is 95.3 Å².